The third-order valence-electron chi connectivity index (χ3n) is 11.1. The fourth-order valence-electron chi connectivity index (χ4n) is 8.66. The van der Waals surface area contributed by atoms with Crippen molar-refractivity contribution in [1.82, 2.24) is 15.0 Å². The molecule has 3 heterocycles. The molecule has 12 aromatic rings. The van der Waals surface area contributed by atoms with Crippen LogP contribution in [0.1, 0.15) is 0 Å². The first-order chi connectivity index (χ1) is 27.8. The average Bonchev–Trinajstić information content (AvgIpc) is 3.85. The quantitative estimate of drug-likeness (QED) is 0.170. The summed E-state index contributed by atoms with van der Waals surface area (Å²) < 4.78 is 12.9. The largest absolute Gasteiger partial charge is 0.456 e. The highest BCUT2D eigenvalue weighted by molar-refractivity contribution is 6.26. The molecule has 3 aromatic heterocycles. The SMILES string of the molecule is c1ccc(-c2nc(-c3cccc4oc5ccccc5c34)nc(-c3cccc4oc5cccc(-c6ccc7c8ccccc8c8ccccc8c7c6)c5c34)n2)cc1. The van der Waals surface area contributed by atoms with E-state index in [0.717, 1.165) is 71.7 Å². The van der Waals surface area contributed by atoms with Crippen molar-refractivity contribution >= 4 is 76.2 Å². The molecular weight excluding hydrogens is 687 g/mol. The summed E-state index contributed by atoms with van der Waals surface area (Å²) in [5, 5.41) is 11.4. The standard InChI is InChI=1S/C51H29N3O2/c1-2-13-30(14-3-1)49-52-50(39-21-11-24-43-46(39)38-19-8-9-23-42(38)55-43)54-51(53-49)40-22-12-26-45-48(40)47-32(20-10-25-44(47)56-45)31-27-28-37-35-17-5-4-15-33(35)34-16-6-7-18-36(34)41(37)29-31/h1-29H. The Labute approximate surface area is 320 Å². The summed E-state index contributed by atoms with van der Waals surface area (Å²) >= 11 is 0. The molecule has 5 heteroatoms. The molecule has 0 N–H and O–H groups in total. The number of benzene rings is 9. The lowest BCUT2D eigenvalue weighted by Crippen LogP contribution is -2.00. The maximum atomic E-state index is 6.63. The molecule has 0 aliphatic rings. The molecule has 0 unspecified atom stereocenters. The molecule has 0 radical (unpaired) electrons. The lowest BCUT2D eigenvalue weighted by Gasteiger charge is -2.13. The van der Waals surface area contributed by atoms with Crippen LogP contribution in [0, 0.1) is 0 Å². The van der Waals surface area contributed by atoms with E-state index in [0.29, 0.717) is 17.5 Å². The molecule has 0 spiro atoms. The second-order valence-electron chi connectivity index (χ2n) is 14.3. The number of rotatable bonds is 4. The summed E-state index contributed by atoms with van der Waals surface area (Å²) in [6, 6.07) is 61.0. The van der Waals surface area contributed by atoms with Gasteiger partial charge in [-0.25, -0.2) is 15.0 Å². The second-order valence-corrected chi connectivity index (χ2v) is 14.3. The number of hydrogen-bond acceptors (Lipinski definition) is 5. The van der Waals surface area contributed by atoms with Gasteiger partial charge in [0, 0.05) is 38.2 Å². The van der Waals surface area contributed by atoms with Crippen LogP contribution < -0.4 is 0 Å². The van der Waals surface area contributed by atoms with Gasteiger partial charge in [-0.15, -0.1) is 0 Å². The molecule has 0 atom stereocenters. The summed E-state index contributed by atoms with van der Waals surface area (Å²) in [6.45, 7) is 0. The van der Waals surface area contributed by atoms with Crippen LogP contribution in [0.5, 0.6) is 0 Å². The number of furan rings is 2. The van der Waals surface area contributed by atoms with Crippen LogP contribution in [0.25, 0.3) is 121 Å². The summed E-state index contributed by atoms with van der Waals surface area (Å²) in [4.78, 5) is 15.6. The lowest BCUT2D eigenvalue weighted by molar-refractivity contribution is 0.668. The van der Waals surface area contributed by atoms with E-state index in [1.807, 2.05) is 78.9 Å². The van der Waals surface area contributed by atoms with E-state index in [4.69, 9.17) is 23.8 Å². The third-order valence-corrected chi connectivity index (χ3v) is 11.1. The Bertz CT molecular complexity index is 3510. The van der Waals surface area contributed by atoms with Crippen molar-refractivity contribution in [2.24, 2.45) is 0 Å². The first kappa shape index (κ1) is 30.8. The number of fused-ring (bicyclic) bond motifs is 12. The summed E-state index contributed by atoms with van der Waals surface area (Å²) in [5.74, 6) is 1.73. The summed E-state index contributed by atoms with van der Waals surface area (Å²) in [7, 11) is 0. The van der Waals surface area contributed by atoms with Crippen molar-refractivity contribution in [3.63, 3.8) is 0 Å². The van der Waals surface area contributed by atoms with Gasteiger partial charge in [0.05, 0.1) is 0 Å². The number of nitrogens with zero attached hydrogens (tertiary/aromatic N) is 3. The van der Waals surface area contributed by atoms with E-state index in [-0.39, 0.29) is 0 Å². The normalized spacial score (nSPS) is 11.9. The molecule has 0 aliphatic heterocycles. The Hall–Kier alpha value is -7.63. The monoisotopic (exact) mass is 715 g/mol. The molecule has 0 saturated heterocycles. The first-order valence-electron chi connectivity index (χ1n) is 18.8. The van der Waals surface area contributed by atoms with Gasteiger partial charge in [0.25, 0.3) is 0 Å². The predicted molar refractivity (Wildman–Crippen MR) is 229 cm³/mol. The molecule has 5 nitrogen and oxygen atoms in total. The minimum absolute atomic E-state index is 0.567. The van der Waals surface area contributed by atoms with Crippen molar-refractivity contribution in [2.45, 2.75) is 0 Å². The van der Waals surface area contributed by atoms with Crippen LogP contribution in [0.3, 0.4) is 0 Å². The minimum Gasteiger partial charge on any atom is -0.456 e. The van der Waals surface area contributed by atoms with Gasteiger partial charge in [-0.3, -0.25) is 0 Å². The zero-order chi connectivity index (χ0) is 36.7. The van der Waals surface area contributed by atoms with Gasteiger partial charge in [-0.05, 0) is 73.8 Å². The molecule has 0 bridgehead atoms. The zero-order valence-corrected chi connectivity index (χ0v) is 29.9. The van der Waals surface area contributed by atoms with Crippen molar-refractivity contribution in [3.05, 3.63) is 176 Å². The Balaban J connectivity index is 1.13. The van der Waals surface area contributed by atoms with Crippen LogP contribution in [-0.4, -0.2) is 15.0 Å². The van der Waals surface area contributed by atoms with Crippen molar-refractivity contribution < 1.29 is 8.83 Å². The van der Waals surface area contributed by atoms with E-state index >= 15 is 0 Å². The molecule has 0 amide bonds. The molecule has 0 fully saturated rings. The maximum absolute atomic E-state index is 6.63. The zero-order valence-electron chi connectivity index (χ0n) is 29.9. The van der Waals surface area contributed by atoms with Gasteiger partial charge in [-0.2, -0.15) is 0 Å². The smallest absolute Gasteiger partial charge is 0.164 e. The fourth-order valence-corrected chi connectivity index (χ4v) is 8.66. The first-order valence-corrected chi connectivity index (χ1v) is 18.8. The molecular formula is C51H29N3O2. The van der Waals surface area contributed by atoms with Crippen molar-refractivity contribution in [1.29, 1.82) is 0 Å². The molecule has 9 aromatic carbocycles. The van der Waals surface area contributed by atoms with E-state index in [1.54, 1.807) is 0 Å². The van der Waals surface area contributed by atoms with Gasteiger partial charge in [0.2, 0.25) is 0 Å². The Morgan fingerprint density at radius 3 is 1.38 bits per heavy atom. The van der Waals surface area contributed by atoms with Crippen LogP contribution in [-0.2, 0) is 0 Å². The summed E-state index contributed by atoms with van der Waals surface area (Å²) in [5.41, 5.74) is 8.04. The fraction of sp³-hybridized carbons (Fsp3) is 0. The van der Waals surface area contributed by atoms with Crippen LogP contribution >= 0.6 is 0 Å². The van der Waals surface area contributed by atoms with Crippen LogP contribution in [0.2, 0.25) is 0 Å². The van der Waals surface area contributed by atoms with Gasteiger partial charge in [0.1, 0.15) is 22.3 Å². The Morgan fingerprint density at radius 2 is 0.714 bits per heavy atom. The van der Waals surface area contributed by atoms with Crippen LogP contribution in [0.15, 0.2) is 185 Å². The average molecular weight is 716 g/mol. The Morgan fingerprint density at radius 1 is 0.268 bits per heavy atom. The topological polar surface area (TPSA) is 65.0 Å². The van der Waals surface area contributed by atoms with E-state index in [9.17, 15) is 0 Å². The van der Waals surface area contributed by atoms with E-state index in [2.05, 4.69) is 97.1 Å². The maximum Gasteiger partial charge on any atom is 0.164 e. The molecule has 12 rings (SSSR count). The second kappa shape index (κ2) is 11.9. The van der Waals surface area contributed by atoms with Gasteiger partial charge in [0.15, 0.2) is 17.5 Å². The third kappa shape index (κ3) is 4.58. The molecule has 56 heavy (non-hydrogen) atoms. The van der Waals surface area contributed by atoms with E-state index < -0.39 is 0 Å². The highest BCUT2D eigenvalue weighted by Gasteiger charge is 2.22. The molecule has 0 aliphatic carbocycles. The van der Waals surface area contributed by atoms with Crippen molar-refractivity contribution in [2.75, 3.05) is 0 Å². The van der Waals surface area contributed by atoms with Gasteiger partial charge >= 0.3 is 0 Å². The molecule has 260 valence electrons. The minimum atomic E-state index is 0.567. The van der Waals surface area contributed by atoms with Gasteiger partial charge in [-0.1, -0.05) is 146 Å². The van der Waals surface area contributed by atoms with Gasteiger partial charge < -0.3 is 8.83 Å². The number of aromatic nitrogens is 3. The highest BCUT2D eigenvalue weighted by atomic mass is 16.3. The Kier molecular flexibility index (Phi) is 6.56. The van der Waals surface area contributed by atoms with E-state index in [1.165, 1.54) is 32.3 Å². The highest BCUT2D eigenvalue weighted by Crippen LogP contribution is 2.44. The molecule has 0 saturated carbocycles. The summed E-state index contributed by atoms with van der Waals surface area (Å²) in [6.07, 6.45) is 0. The number of para-hydroxylation sites is 1. The predicted octanol–water partition coefficient (Wildman–Crippen LogP) is 13.8. The lowest BCUT2D eigenvalue weighted by atomic mass is 9.91. The van der Waals surface area contributed by atoms with Crippen LogP contribution in [0.4, 0.5) is 0 Å². The number of hydrogen-bond donors (Lipinski definition) is 0. The van der Waals surface area contributed by atoms with Crippen molar-refractivity contribution in [3.8, 4) is 45.3 Å².